The average Bonchev–Trinajstić information content (AvgIpc) is 2.90. The van der Waals surface area contributed by atoms with Gasteiger partial charge in [0.25, 0.3) is 11.1 Å². The highest BCUT2D eigenvalue weighted by Gasteiger charge is 2.35. The Morgan fingerprint density at radius 3 is 2.64 bits per heavy atom. The van der Waals surface area contributed by atoms with E-state index in [9.17, 15) is 14.0 Å². The first-order chi connectivity index (χ1) is 13.3. The number of amides is 2. The zero-order valence-electron chi connectivity index (χ0n) is 15.4. The van der Waals surface area contributed by atoms with E-state index in [1.54, 1.807) is 24.3 Å². The van der Waals surface area contributed by atoms with Crippen LogP contribution in [-0.4, -0.2) is 22.7 Å². The third-order valence-electron chi connectivity index (χ3n) is 3.99. The highest BCUT2D eigenvalue weighted by atomic mass is 79.9. The molecule has 0 spiro atoms. The van der Waals surface area contributed by atoms with Gasteiger partial charge in [-0.15, -0.1) is 0 Å². The van der Waals surface area contributed by atoms with Crippen molar-refractivity contribution in [2.24, 2.45) is 5.92 Å². The molecule has 0 bridgehead atoms. The summed E-state index contributed by atoms with van der Waals surface area (Å²) < 4.78 is 20.3. The van der Waals surface area contributed by atoms with Gasteiger partial charge in [-0.1, -0.05) is 38.1 Å². The number of halogens is 2. The Kier molecular flexibility index (Phi) is 6.57. The van der Waals surface area contributed by atoms with Crippen molar-refractivity contribution in [2.75, 3.05) is 6.61 Å². The SMILES string of the molecule is CC(C)COc1ccc(/C=C2/SC(=O)N(Cc3ccccc3F)C2=O)cc1Br. The Labute approximate surface area is 175 Å². The van der Waals surface area contributed by atoms with Crippen molar-refractivity contribution in [3.63, 3.8) is 0 Å². The maximum atomic E-state index is 13.8. The van der Waals surface area contributed by atoms with Gasteiger partial charge in [0.1, 0.15) is 11.6 Å². The summed E-state index contributed by atoms with van der Waals surface area (Å²) in [6, 6.07) is 11.6. The molecule has 0 unspecified atom stereocenters. The molecular weight excluding hydrogens is 445 g/mol. The molecule has 4 nitrogen and oxygen atoms in total. The van der Waals surface area contributed by atoms with Crippen LogP contribution in [0.3, 0.4) is 0 Å². The van der Waals surface area contributed by atoms with E-state index in [0.717, 1.165) is 32.4 Å². The van der Waals surface area contributed by atoms with E-state index in [1.807, 2.05) is 18.2 Å². The summed E-state index contributed by atoms with van der Waals surface area (Å²) in [5, 5.41) is -0.407. The number of nitrogens with zero attached hydrogens (tertiary/aromatic N) is 1. The number of imide groups is 1. The minimum Gasteiger partial charge on any atom is -0.492 e. The lowest BCUT2D eigenvalue weighted by Gasteiger charge is -2.13. The molecule has 0 aromatic heterocycles. The van der Waals surface area contributed by atoms with Crippen molar-refractivity contribution in [3.05, 3.63) is 68.8 Å². The van der Waals surface area contributed by atoms with Crippen LogP contribution in [0.4, 0.5) is 9.18 Å². The molecule has 1 heterocycles. The van der Waals surface area contributed by atoms with Crippen LogP contribution < -0.4 is 4.74 Å². The molecule has 1 aliphatic heterocycles. The van der Waals surface area contributed by atoms with Gasteiger partial charge in [-0.25, -0.2) is 4.39 Å². The molecule has 1 saturated heterocycles. The number of ether oxygens (including phenoxy) is 1. The van der Waals surface area contributed by atoms with E-state index in [2.05, 4.69) is 29.8 Å². The molecule has 0 atom stereocenters. The van der Waals surface area contributed by atoms with Crippen molar-refractivity contribution in [3.8, 4) is 5.75 Å². The molecule has 3 rings (SSSR count). The summed E-state index contributed by atoms with van der Waals surface area (Å²) in [4.78, 5) is 26.2. The summed E-state index contributed by atoms with van der Waals surface area (Å²) in [5.74, 6) is 0.270. The molecule has 0 aliphatic carbocycles. The molecule has 1 fully saturated rings. The zero-order chi connectivity index (χ0) is 20.3. The number of benzene rings is 2. The number of thioether (sulfide) groups is 1. The number of hydrogen-bond donors (Lipinski definition) is 0. The summed E-state index contributed by atoms with van der Waals surface area (Å²) in [6.07, 6.45) is 1.66. The second kappa shape index (κ2) is 8.92. The van der Waals surface area contributed by atoms with Crippen molar-refractivity contribution < 1.29 is 18.7 Å². The highest BCUT2D eigenvalue weighted by molar-refractivity contribution is 9.10. The van der Waals surface area contributed by atoms with Crippen LogP contribution >= 0.6 is 27.7 Å². The molecule has 2 aromatic rings. The van der Waals surface area contributed by atoms with Crippen LogP contribution in [0.5, 0.6) is 5.75 Å². The van der Waals surface area contributed by atoms with E-state index < -0.39 is 17.0 Å². The summed E-state index contributed by atoms with van der Waals surface area (Å²) in [6.45, 7) is 4.66. The van der Waals surface area contributed by atoms with Crippen LogP contribution in [-0.2, 0) is 11.3 Å². The molecule has 0 saturated carbocycles. The fraction of sp³-hybridized carbons (Fsp3) is 0.238. The molecule has 7 heteroatoms. The molecule has 1 aliphatic rings. The lowest BCUT2D eigenvalue weighted by Crippen LogP contribution is -2.27. The first-order valence-corrected chi connectivity index (χ1v) is 10.4. The van der Waals surface area contributed by atoms with E-state index in [4.69, 9.17) is 4.74 Å². The zero-order valence-corrected chi connectivity index (χ0v) is 17.8. The Morgan fingerprint density at radius 1 is 1.21 bits per heavy atom. The van der Waals surface area contributed by atoms with Gasteiger partial charge in [0.2, 0.25) is 0 Å². The average molecular weight is 464 g/mol. The summed E-state index contributed by atoms with van der Waals surface area (Å²) >= 11 is 4.33. The van der Waals surface area contributed by atoms with Crippen LogP contribution in [0.25, 0.3) is 6.08 Å². The van der Waals surface area contributed by atoms with Gasteiger partial charge in [-0.2, -0.15) is 0 Å². The molecule has 2 aromatic carbocycles. The van der Waals surface area contributed by atoms with Gasteiger partial charge in [-0.05, 0) is 63.4 Å². The Morgan fingerprint density at radius 2 is 1.96 bits per heavy atom. The lowest BCUT2D eigenvalue weighted by atomic mass is 10.2. The standard InChI is InChI=1S/C21H19BrFNO3S/c1-13(2)12-27-18-8-7-14(9-16(18)22)10-19-20(25)24(21(26)28-19)11-15-5-3-4-6-17(15)23/h3-10,13H,11-12H2,1-2H3/b19-10+. The van der Waals surface area contributed by atoms with Gasteiger partial charge in [0.05, 0.1) is 22.5 Å². The smallest absolute Gasteiger partial charge is 0.293 e. The normalized spacial score (nSPS) is 15.8. The van der Waals surface area contributed by atoms with E-state index in [-0.39, 0.29) is 6.54 Å². The number of carbonyl (C=O) groups is 2. The second-order valence-electron chi connectivity index (χ2n) is 6.75. The van der Waals surface area contributed by atoms with E-state index >= 15 is 0 Å². The number of carbonyl (C=O) groups excluding carboxylic acids is 2. The van der Waals surface area contributed by atoms with Crippen molar-refractivity contribution in [1.82, 2.24) is 4.90 Å². The third kappa shape index (κ3) is 4.83. The first-order valence-electron chi connectivity index (χ1n) is 8.76. The van der Waals surface area contributed by atoms with Crippen LogP contribution in [0.2, 0.25) is 0 Å². The summed E-state index contributed by atoms with van der Waals surface area (Å²) in [7, 11) is 0. The molecule has 146 valence electrons. The predicted octanol–water partition coefficient (Wildman–Crippen LogP) is 5.86. The topological polar surface area (TPSA) is 46.6 Å². The number of hydrogen-bond acceptors (Lipinski definition) is 4. The third-order valence-corrected chi connectivity index (χ3v) is 5.51. The molecule has 0 N–H and O–H groups in total. The second-order valence-corrected chi connectivity index (χ2v) is 8.60. The Bertz CT molecular complexity index is 945. The highest BCUT2D eigenvalue weighted by Crippen LogP contribution is 2.35. The van der Waals surface area contributed by atoms with Crippen molar-refractivity contribution in [2.45, 2.75) is 20.4 Å². The van der Waals surface area contributed by atoms with Crippen molar-refractivity contribution >= 4 is 44.9 Å². The van der Waals surface area contributed by atoms with Gasteiger partial charge >= 0.3 is 0 Å². The minimum atomic E-state index is -0.438. The van der Waals surface area contributed by atoms with Crippen LogP contribution in [0, 0.1) is 11.7 Å². The molecule has 28 heavy (non-hydrogen) atoms. The maximum Gasteiger partial charge on any atom is 0.293 e. The van der Waals surface area contributed by atoms with Crippen LogP contribution in [0.15, 0.2) is 51.8 Å². The monoisotopic (exact) mass is 463 g/mol. The number of rotatable bonds is 6. The van der Waals surface area contributed by atoms with Gasteiger partial charge < -0.3 is 4.74 Å². The fourth-order valence-corrected chi connectivity index (χ4v) is 3.91. The van der Waals surface area contributed by atoms with Crippen molar-refractivity contribution in [1.29, 1.82) is 0 Å². The molecular formula is C21H19BrFNO3S. The first kappa shape index (κ1) is 20.6. The Balaban J connectivity index is 1.76. The van der Waals surface area contributed by atoms with Crippen LogP contribution in [0.1, 0.15) is 25.0 Å². The lowest BCUT2D eigenvalue weighted by molar-refractivity contribution is -0.123. The summed E-state index contributed by atoms with van der Waals surface area (Å²) in [5.41, 5.74) is 1.07. The Hall–Kier alpha value is -2.12. The minimum absolute atomic E-state index is 0.0830. The largest absolute Gasteiger partial charge is 0.492 e. The fourth-order valence-electron chi connectivity index (χ4n) is 2.57. The van der Waals surface area contributed by atoms with Gasteiger partial charge in [-0.3, -0.25) is 14.5 Å². The molecule has 0 radical (unpaired) electrons. The molecule has 2 amide bonds. The van der Waals surface area contributed by atoms with E-state index in [0.29, 0.717) is 23.0 Å². The van der Waals surface area contributed by atoms with Gasteiger partial charge in [0, 0.05) is 5.56 Å². The maximum absolute atomic E-state index is 13.8. The van der Waals surface area contributed by atoms with E-state index in [1.165, 1.54) is 6.07 Å². The quantitative estimate of drug-likeness (QED) is 0.503. The van der Waals surface area contributed by atoms with Gasteiger partial charge in [0.15, 0.2) is 0 Å². The predicted molar refractivity (Wildman–Crippen MR) is 112 cm³/mol.